The van der Waals surface area contributed by atoms with E-state index < -0.39 is 15.7 Å². The molecule has 4 aromatic rings. The van der Waals surface area contributed by atoms with E-state index in [2.05, 4.69) is 4.98 Å². The fourth-order valence-electron chi connectivity index (χ4n) is 3.50. The second kappa shape index (κ2) is 8.00. The minimum Gasteiger partial charge on any atom is -0.365 e. The van der Waals surface area contributed by atoms with Gasteiger partial charge in [0, 0.05) is 10.0 Å². The summed E-state index contributed by atoms with van der Waals surface area (Å²) in [7, 11) is -3.97. The van der Waals surface area contributed by atoms with Crippen LogP contribution in [0, 0.1) is 6.92 Å². The number of halogens is 2. The first kappa shape index (κ1) is 21.4. The summed E-state index contributed by atoms with van der Waals surface area (Å²) in [4.78, 5) is 16.7. The van der Waals surface area contributed by atoms with Gasteiger partial charge in [-0.1, -0.05) is 47.5 Å². The second-order valence-corrected chi connectivity index (χ2v) is 9.73. The largest absolute Gasteiger partial charge is 0.365 e. The number of hydrogen-bond acceptors (Lipinski definition) is 4. The van der Waals surface area contributed by atoms with E-state index in [1.165, 1.54) is 18.2 Å². The van der Waals surface area contributed by atoms with Crippen molar-refractivity contribution in [1.29, 1.82) is 0 Å². The van der Waals surface area contributed by atoms with Gasteiger partial charge in [0.25, 0.3) is 5.91 Å². The number of carbonyl (C=O) groups excluding carboxylic acids is 1. The Balaban J connectivity index is 1.92. The number of primary amides is 1. The third-order valence-electron chi connectivity index (χ3n) is 5.01. The number of aromatic nitrogens is 2. The third kappa shape index (κ3) is 3.80. The van der Waals surface area contributed by atoms with Crippen LogP contribution >= 0.6 is 23.2 Å². The number of fused-ring (bicyclic) bond motifs is 1. The van der Waals surface area contributed by atoms with Crippen molar-refractivity contribution >= 4 is 50.0 Å². The summed E-state index contributed by atoms with van der Waals surface area (Å²) in [6, 6.07) is 16.1. The number of aryl methyl sites for hydroxylation is 1. The van der Waals surface area contributed by atoms with Crippen molar-refractivity contribution < 1.29 is 13.2 Å². The highest BCUT2D eigenvalue weighted by Crippen LogP contribution is 2.31. The summed E-state index contributed by atoms with van der Waals surface area (Å²) in [6.45, 7) is 2.13. The Morgan fingerprint density at radius 2 is 1.77 bits per heavy atom. The van der Waals surface area contributed by atoms with Gasteiger partial charge in [-0.05, 0) is 48.9 Å². The zero-order valence-electron chi connectivity index (χ0n) is 16.3. The first-order valence-electron chi connectivity index (χ1n) is 9.24. The van der Waals surface area contributed by atoms with Crippen molar-refractivity contribution in [3.8, 4) is 0 Å². The van der Waals surface area contributed by atoms with Crippen LogP contribution in [0.3, 0.4) is 0 Å². The number of nitrogens with two attached hydrogens (primary N) is 1. The molecule has 1 amide bonds. The Morgan fingerprint density at radius 3 is 2.42 bits per heavy atom. The van der Waals surface area contributed by atoms with Crippen LogP contribution in [-0.2, 0) is 16.4 Å². The first-order chi connectivity index (χ1) is 14.7. The lowest BCUT2D eigenvalue weighted by molar-refractivity contribution is 0.0998. The molecule has 0 aliphatic carbocycles. The molecule has 0 atom stereocenters. The number of hydrogen-bond donors (Lipinski definition) is 1. The molecule has 0 radical (unpaired) electrons. The molecular formula is C22H17Cl2N3O3S. The Labute approximate surface area is 189 Å². The van der Waals surface area contributed by atoms with Crippen molar-refractivity contribution in [1.82, 2.24) is 9.55 Å². The normalized spacial score (nSPS) is 11.7. The molecule has 2 N–H and O–H groups in total. The molecular weight excluding hydrogens is 457 g/mol. The van der Waals surface area contributed by atoms with Crippen LogP contribution in [0.25, 0.3) is 11.0 Å². The molecule has 0 fully saturated rings. The minimum atomic E-state index is -3.97. The van der Waals surface area contributed by atoms with Gasteiger partial charge in [0.2, 0.25) is 9.84 Å². The van der Waals surface area contributed by atoms with Gasteiger partial charge >= 0.3 is 0 Å². The monoisotopic (exact) mass is 473 g/mol. The Kier molecular flexibility index (Phi) is 5.51. The maximum atomic E-state index is 13.2. The zero-order valence-corrected chi connectivity index (χ0v) is 18.7. The van der Waals surface area contributed by atoms with Crippen LogP contribution in [0.1, 0.15) is 21.7 Å². The first-order valence-corrected chi connectivity index (χ1v) is 11.5. The Morgan fingerprint density at radius 1 is 1.06 bits per heavy atom. The highest BCUT2D eigenvalue weighted by atomic mass is 35.5. The molecule has 0 spiro atoms. The van der Waals surface area contributed by atoms with Gasteiger partial charge in [-0.25, -0.2) is 13.4 Å². The lowest BCUT2D eigenvalue weighted by Crippen LogP contribution is -2.17. The van der Waals surface area contributed by atoms with E-state index in [0.29, 0.717) is 27.9 Å². The average Bonchev–Trinajstić information content (AvgIpc) is 3.04. The molecule has 31 heavy (non-hydrogen) atoms. The van der Waals surface area contributed by atoms with Crippen LogP contribution in [0.4, 0.5) is 0 Å². The molecule has 0 aliphatic heterocycles. The van der Waals surface area contributed by atoms with E-state index in [4.69, 9.17) is 28.9 Å². The Hall–Kier alpha value is -2.87. The fourth-order valence-corrected chi connectivity index (χ4v) is 5.45. The molecule has 6 nitrogen and oxygen atoms in total. The lowest BCUT2D eigenvalue weighted by Gasteiger charge is -2.12. The Bertz CT molecular complexity index is 1430. The minimum absolute atomic E-state index is 0.0703. The van der Waals surface area contributed by atoms with Crippen LogP contribution in [0.5, 0.6) is 0 Å². The number of sulfone groups is 1. The van der Waals surface area contributed by atoms with Crippen LogP contribution in [-0.4, -0.2) is 23.9 Å². The van der Waals surface area contributed by atoms with E-state index in [1.807, 2.05) is 4.57 Å². The van der Waals surface area contributed by atoms with E-state index in [1.54, 1.807) is 49.4 Å². The summed E-state index contributed by atoms with van der Waals surface area (Å²) in [5.74, 6) is -0.285. The van der Waals surface area contributed by atoms with Crippen molar-refractivity contribution in [3.05, 3.63) is 87.7 Å². The van der Waals surface area contributed by atoms with Crippen molar-refractivity contribution in [3.63, 3.8) is 0 Å². The number of benzene rings is 3. The highest BCUT2D eigenvalue weighted by molar-refractivity contribution is 7.91. The van der Waals surface area contributed by atoms with Gasteiger partial charge in [-0.15, -0.1) is 0 Å². The number of amides is 1. The van der Waals surface area contributed by atoms with Gasteiger partial charge in [-0.3, -0.25) is 4.79 Å². The van der Waals surface area contributed by atoms with Crippen LogP contribution in [0.15, 0.2) is 70.5 Å². The predicted molar refractivity (Wildman–Crippen MR) is 120 cm³/mol. The lowest BCUT2D eigenvalue weighted by atomic mass is 10.1. The van der Waals surface area contributed by atoms with Gasteiger partial charge in [0.15, 0.2) is 0 Å². The molecule has 0 saturated carbocycles. The topological polar surface area (TPSA) is 95.1 Å². The molecule has 1 heterocycles. The van der Waals surface area contributed by atoms with E-state index in [-0.39, 0.29) is 20.9 Å². The summed E-state index contributed by atoms with van der Waals surface area (Å²) in [5.41, 5.74) is 7.09. The average molecular weight is 474 g/mol. The zero-order chi connectivity index (χ0) is 22.3. The van der Waals surface area contributed by atoms with Crippen molar-refractivity contribution in [2.24, 2.45) is 5.73 Å². The maximum Gasteiger partial charge on any atom is 0.252 e. The van der Waals surface area contributed by atoms with E-state index in [9.17, 15) is 13.2 Å². The number of carbonyl (C=O) groups is 1. The number of imidazole rings is 1. The maximum absolute atomic E-state index is 13.2. The van der Waals surface area contributed by atoms with Crippen molar-refractivity contribution in [2.45, 2.75) is 23.3 Å². The van der Waals surface area contributed by atoms with Gasteiger partial charge in [0.1, 0.15) is 11.3 Å². The molecule has 9 heteroatoms. The van der Waals surface area contributed by atoms with Crippen LogP contribution < -0.4 is 5.73 Å². The van der Waals surface area contributed by atoms with Gasteiger partial charge in [0.05, 0.1) is 27.4 Å². The summed E-state index contributed by atoms with van der Waals surface area (Å²) < 4.78 is 28.2. The molecule has 0 unspecified atom stereocenters. The molecule has 3 aromatic carbocycles. The molecule has 0 bridgehead atoms. The van der Waals surface area contributed by atoms with Crippen LogP contribution in [0.2, 0.25) is 10.0 Å². The summed E-state index contributed by atoms with van der Waals surface area (Å²) in [6.07, 6.45) is 0. The quantitative estimate of drug-likeness (QED) is 0.456. The molecule has 158 valence electrons. The van der Waals surface area contributed by atoms with Crippen molar-refractivity contribution in [2.75, 3.05) is 0 Å². The molecule has 4 rings (SSSR count). The molecule has 0 saturated heterocycles. The smallest absolute Gasteiger partial charge is 0.252 e. The summed E-state index contributed by atoms with van der Waals surface area (Å²) >= 11 is 12.3. The molecule has 0 aliphatic rings. The predicted octanol–water partition coefficient (Wildman–Crippen LogP) is 4.63. The fraction of sp³-hybridized carbons (Fsp3) is 0.0909. The molecule has 1 aromatic heterocycles. The third-order valence-corrected chi connectivity index (χ3v) is 7.41. The number of rotatable bonds is 5. The van der Waals surface area contributed by atoms with Gasteiger partial charge in [-0.2, -0.15) is 0 Å². The second-order valence-electron chi connectivity index (χ2n) is 6.97. The van der Waals surface area contributed by atoms with E-state index >= 15 is 0 Å². The SMILES string of the molecule is Cc1nc2c(C(N)=O)c(S(=O)(=O)c3ccccc3)ccc2n1Cc1ccc(Cl)cc1Cl. The standard InChI is InChI=1S/C22H17Cl2N3O3S/c1-13-26-21-18(27(13)12-14-7-8-15(23)11-17(14)24)9-10-19(20(21)22(25)28)31(29,30)16-5-3-2-4-6-16/h2-11H,12H2,1H3,(H2,25,28). The van der Waals surface area contributed by atoms with E-state index in [0.717, 1.165) is 5.56 Å². The van der Waals surface area contributed by atoms with Gasteiger partial charge < -0.3 is 10.3 Å². The summed E-state index contributed by atoms with van der Waals surface area (Å²) in [5, 5.41) is 1.01. The highest BCUT2D eigenvalue weighted by Gasteiger charge is 2.27. The number of nitrogens with zero attached hydrogens (tertiary/aromatic N) is 2.